The van der Waals surface area contributed by atoms with Gasteiger partial charge in [0.25, 0.3) is 28.8 Å². The van der Waals surface area contributed by atoms with Crippen LogP contribution in [0.5, 0.6) is 0 Å². The largest absolute Gasteiger partial charge is 1.00 e. The summed E-state index contributed by atoms with van der Waals surface area (Å²) in [4.78, 5) is 115. The Morgan fingerprint density at radius 2 is 0.908 bits per heavy atom. The Kier molecular flexibility index (Phi) is 65.7. The number of ether oxygens (including phenoxy) is 7. The van der Waals surface area contributed by atoms with E-state index in [1.54, 1.807) is 114 Å². The number of fused-ring (bicyclic) bond motifs is 4. The van der Waals surface area contributed by atoms with Crippen LogP contribution in [-0.4, -0.2) is 178 Å². The number of halogens is 4. The predicted octanol–water partition coefficient (Wildman–Crippen LogP) is 10.2. The standard InChI is InChI=1S/C12H16N2O5.C10H9ClN2O3.C10H10N2O3.C10H16O5.C8H7N3O2.C8H6N2O3.C4H6N2O.C2H4O2.C2H6O.2CH4.Cl3OP.H3N5.Na.H2O.Zn/c1-4-17-11(15)9(12(16)18-5-2)7-13-10-6-8(3)14-19-10;1-3-15-10(14)6-4-12-9-7(8(6)11)5(2)13-16-9;1-3-14-10(13)7-4-8-6(2)12-15-9(8)11-5-7;1-4-13-7-8(9(11)14-5-2)10(12)15-6-3;1-4-6-2-5(7(9)12)3-10-8(6)13-11-4;1-4-6-2-5(8(11)12)3-9-7(6)13-10-4;1-3-2-4(5)7-6-3;1-2(3)4;1-2-3;;;1-5(2,3)4;1-3-5-4-2;;;/h6-7,13H,4-5H2,1-3H3;4H,3H2,1-2H3;4-5H,3H2,1-2H3;7H,4-6H2,1-3H3;2-3H,1H3,(H2,9,12);2-3H,1H3,(H,11,12);2H,5H2,1H3;1H3,(H,3,4);3H,2H2,1H3;2*1H4;;(H3,1,2,5);;1H2;/q;;;;;;;;;;;;;+1;;/p-1. The van der Waals surface area contributed by atoms with Crippen LogP contribution >= 0.6 is 50.5 Å². The molecule has 0 spiro atoms. The number of pyridine rings is 4. The molecule has 0 aromatic carbocycles. The molecule has 10 aromatic rings. The van der Waals surface area contributed by atoms with Crippen molar-refractivity contribution >= 4 is 160 Å². The molecule has 0 aliphatic rings. The van der Waals surface area contributed by atoms with E-state index < -0.39 is 52.9 Å². The molecule has 0 unspecified atom stereocenters. The van der Waals surface area contributed by atoms with Crippen molar-refractivity contribution in [3.8, 4) is 0 Å². The van der Waals surface area contributed by atoms with Crippen LogP contribution in [0.1, 0.15) is 153 Å². The van der Waals surface area contributed by atoms with Crippen LogP contribution in [0.15, 0.2) is 122 Å². The average Bonchev–Trinajstić information content (AvgIpc) is 1.59. The molecule has 52 heteroatoms. The fraction of sp³-hybridized carbons (Fsp3) is 0.368. The Hall–Kier alpha value is -11.1. The number of carbonyl (C=O) groups is 9. The van der Waals surface area contributed by atoms with Crippen LogP contribution in [0.4, 0.5) is 11.8 Å². The number of aryl methyl sites for hydroxylation is 6. The molecule has 12 N–H and O–H groups in total. The zero-order chi connectivity index (χ0) is 87.5. The van der Waals surface area contributed by atoms with Crippen molar-refractivity contribution in [1.82, 2.24) is 50.9 Å². The van der Waals surface area contributed by atoms with E-state index in [0.717, 1.165) is 29.7 Å². The number of aliphatic hydroxyl groups excluding tert-OH is 1. The second-order valence-corrected chi connectivity index (χ2v) is 27.4. The molecule has 10 rings (SSSR count). The van der Waals surface area contributed by atoms with E-state index in [4.69, 9.17) is 95.0 Å². The van der Waals surface area contributed by atoms with Crippen molar-refractivity contribution < 1.29 is 178 Å². The van der Waals surface area contributed by atoms with Crippen molar-refractivity contribution in [2.45, 2.75) is 119 Å². The molecule has 0 saturated carbocycles. The molecule has 0 aliphatic carbocycles. The van der Waals surface area contributed by atoms with Gasteiger partial charge in [-0.2, -0.15) is 5.53 Å². The first-order valence-corrected chi connectivity index (χ1v) is 37.6. The number of nitrogens with one attached hydrogen (secondary N) is 2. The zero-order valence-corrected chi connectivity index (χ0v) is 75.3. The SMILES string of the molecule is C.C.CC(=O)O.CCO.CCOC(=O)C(=CNc1cc(C)no1)C(=O)OCC.CCOC(=O)c1cnc2onc(C)c2c1.CCOC(=O)c1cnc2onc(C)c2c1Cl.CCOC=C(C(=O)OCC)C(=O)OCC.Cc1cc(N)on1.Cc1noc2ncc(C(=O)O)cc12.Cc1noc2ncc(C(N)=O)cc12.N=N/N=N/N.O=P(Cl)(Cl)Cl.[Na+].[OH-].[Zn]. The molecule has 0 saturated heterocycles. The number of nitrogens with two attached hydrogens (primary N) is 3. The topological polar surface area (TPSA) is 685 Å². The number of carbonyl (C=O) groups excluding carboxylic acids is 7. The predicted molar refractivity (Wildman–Crippen MR) is 424 cm³/mol. The number of carboxylic acids is 2. The van der Waals surface area contributed by atoms with Crippen LogP contribution in [0, 0.1) is 47.1 Å². The van der Waals surface area contributed by atoms with Crippen LogP contribution in [0.2, 0.25) is 5.02 Å². The number of nitrogen functional groups attached to an aromatic ring is 1. The van der Waals surface area contributed by atoms with Gasteiger partial charge in [-0.1, -0.05) is 62.6 Å². The normalized spacial score (nSPS) is 9.43. The van der Waals surface area contributed by atoms with E-state index in [9.17, 15) is 42.9 Å². The number of primary amides is 1. The molecule has 0 atom stereocenters. The van der Waals surface area contributed by atoms with E-state index in [1.807, 2.05) is 6.92 Å². The number of amides is 1. The minimum Gasteiger partial charge on any atom is -0.870 e. The first-order valence-electron chi connectivity index (χ1n) is 32.8. The number of esters is 6. The number of hydrogen-bond donors (Lipinski definition) is 8. The van der Waals surface area contributed by atoms with Crippen LogP contribution in [0.25, 0.3) is 44.4 Å². The number of aromatic nitrogens is 10. The van der Waals surface area contributed by atoms with Gasteiger partial charge in [0.05, 0.1) is 129 Å². The smallest absolute Gasteiger partial charge is 0.870 e. The maximum atomic E-state index is 11.6. The minimum atomic E-state index is -3.22. The Balaban J connectivity index is -0.000000306. The number of aliphatic hydroxyl groups is 1. The van der Waals surface area contributed by atoms with E-state index >= 15 is 0 Å². The quantitative estimate of drug-likeness (QED) is 0.00319. The Bertz CT molecular complexity index is 4780. The van der Waals surface area contributed by atoms with E-state index in [1.165, 1.54) is 37.1 Å². The third kappa shape index (κ3) is 46.9. The van der Waals surface area contributed by atoms with Crippen molar-refractivity contribution in [3.63, 3.8) is 0 Å². The molecule has 45 nitrogen and oxygen atoms in total. The summed E-state index contributed by atoms with van der Waals surface area (Å²) in [6, 6.07) is 8.07. The molecule has 10 aromatic heterocycles. The molecule has 0 aliphatic heterocycles. The van der Waals surface area contributed by atoms with E-state index in [2.05, 4.69) is 125 Å². The number of carboxylic acid groups (broad SMARTS) is 2. The summed E-state index contributed by atoms with van der Waals surface area (Å²) < 4.78 is 71.9. The van der Waals surface area contributed by atoms with Crippen LogP contribution < -0.4 is 52.2 Å². The summed E-state index contributed by atoms with van der Waals surface area (Å²) in [5.74, 6) is -1.14. The third-order valence-corrected chi connectivity index (χ3v) is 12.2. The summed E-state index contributed by atoms with van der Waals surface area (Å²) in [6.45, 7) is 27.2. The summed E-state index contributed by atoms with van der Waals surface area (Å²) in [7, 11) is 0. The average molecular weight is 1850 g/mol. The second-order valence-electron chi connectivity index (χ2n) is 20.4. The van der Waals surface area contributed by atoms with Crippen LogP contribution in [-0.2, 0) is 81.2 Å². The molecule has 1 amide bonds. The van der Waals surface area contributed by atoms with Gasteiger partial charge in [0.1, 0.15) is 6.26 Å². The Morgan fingerprint density at radius 3 is 1.25 bits per heavy atom. The fourth-order valence-electron chi connectivity index (χ4n) is 7.14. The van der Waals surface area contributed by atoms with E-state index in [-0.39, 0.29) is 142 Å². The Morgan fingerprint density at radius 1 is 0.550 bits per heavy atom. The summed E-state index contributed by atoms with van der Waals surface area (Å²) in [5, 5.41) is 55.8. The maximum absolute atomic E-state index is 11.6. The van der Waals surface area contributed by atoms with Crippen LogP contribution in [0.3, 0.4) is 0 Å². The molecular formula is C68H92Cl4N18NaO27PZn. The summed E-state index contributed by atoms with van der Waals surface area (Å²) in [6.07, 6.45) is 7.61. The van der Waals surface area contributed by atoms with Crippen molar-refractivity contribution in [3.05, 3.63) is 140 Å². The number of hydrogen-bond acceptors (Lipinski definition) is 39. The number of aliphatic carboxylic acids is 1. The number of nitrogens with zero attached hydrogens (tertiary/aromatic N) is 13. The Labute approximate surface area is 739 Å². The molecular weight excluding hydrogens is 1760 g/mol. The molecule has 10 heterocycles. The fourth-order valence-corrected chi connectivity index (χ4v) is 7.49. The molecule has 0 fully saturated rings. The van der Waals surface area contributed by atoms with Gasteiger partial charge in [0, 0.05) is 76.1 Å². The van der Waals surface area contributed by atoms with E-state index in [0.29, 0.717) is 98.2 Å². The van der Waals surface area contributed by atoms with Gasteiger partial charge in [-0.3, -0.25) is 14.2 Å². The molecule has 0 bridgehead atoms. The van der Waals surface area contributed by atoms with Gasteiger partial charge in [0.15, 0.2) is 11.1 Å². The monoisotopic (exact) mass is 1850 g/mol. The van der Waals surface area contributed by atoms with Gasteiger partial charge in [-0.25, -0.2) is 53.5 Å². The van der Waals surface area contributed by atoms with Gasteiger partial charge >= 0.3 is 76.5 Å². The number of aromatic carboxylic acids is 1. The van der Waals surface area contributed by atoms with Gasteiger partial charge < -0.3 is 104 Å². The summed E-state index contributed by atoms with van der Waals surface area (Å²) >= 11 is 19.9. The van der Waals surface area contributed by atoms with Crippen molar-refractivity contribution in [2.24, 2.45) is 27.2 Å². The molecule has 0 radical (unpaired) electrons. The van der Waals surface area contributed by atoms with Crippen molar-refractivity contribution in [2.75, 3.05) is 63.9 Å². The minimum absolute atomic E-state index is 0. The van der Waals surface area contributed by atoms with Gasteiger partial charge in [-0.15, -0.1) is 0 Å². The second kappa shape index (κ2) is 65.8. The first-order chi connectivity index (χ1) is 54.3. The molecule has 652 valence electrons. The first kappa shape index (κ1) is 120. The van der Waals surface area contributed by atoms with Crippen molar-refractivity contribution in [1.29, 1.82) is 5.53 Å². The third-order valence-electron chi connectivity index (χ3n) is 11.8. The molecule has 120 heavy (non-hydrogen) atoms. The van der Waals surface area contributed by atoms with Gasteiger partial charge in [0.2, 0.25) is 17.7 Å². The number of rotatable bonds is 19. The summed E-state index contributed by atoms with van der Waals surface area (Å²) in [5.41, 5.74) is 22.5. The zero-order valence-electron chi connectivity index (χ0n) is 66.4. The number of anilines is 2. The maximum Gasteiger partial charge on any atom is 1.00 e. The van der Waals surface area contributed by atoms with Gasteiger partial charge in [-0.05, 0) is 159 Å².